The van der Waals surface area contributed by atoms with E-state index in [1.807, 2.05) is 0 Å². The van der Waals surface area contributed by atoms with E-state index >= 15 is 0 Å². The molecule has 38 heavy (non-hydrogen) atoms. The molecule has 1 aromatic heterocycles. The summed E-state index contributed by atoms with van der Waals surface area (Å²) in [6.45, 7) is 25.8. The first kappa shape index (κ1) is 31.2. The van der Waals surface area contributed by atoms with Crippen LogP contribution in [0.1, 0.15) is 87.3 Å². The van der Waals surface area contributed by atoms with Crippen LogP contribution in [0.3, 0.4) is 0 Å². The zero-order chi connectivity index (χ0) is 29.1. The van der Waals surface area contributed by atoms with E-state index in [1.54, 1.807) is 0 Å². The summed E-state index contributed by atoms with van der Waals surface area (Å²) >= 11 is 0. The first-order valence-corrected chi connectivity index (χ1v) is 18.3. The predicted molar refractivity (Wildman–Crippen MR) is 152 cm³/mol. The Morgan fingerprint density at radius 2 is 1.68 bits per heavy atom. The Morgan fingerprint density at radius 3 is 2.18 bits per heavy atom. The molecule has 1 aromatic rings. The van der Waals surface area contributed by atoms with Gasteiger partial charge in [0.05, 0.1) is 12.2 Å². The molecule has 9 nitrogen and oxygen atoms in total. The largest absolute Gasteiger partial charge is 0.408 e. The normalized spacial score (nSPS) is 26.3. The number of nitrogens with one attached hydrogen (secondary N) is 1. The number of fused-ring (bicyclic) bond motifs is 1. The fourth-order valence-electron chi connectivity index (χ4n) is 5.41. The third-order valence-corrected chi connectivity index (χ3v) is 17.9. The molecule has 0 saturated carbocycles. The Balaban J connectivity index is 2.14. The highest BCUT2D eigenvalue weighted by atomic mass is 28.4. The van der Waals surface area contributed by atoms with Crippen molar-refractivity contribution in [3.8, 4) is 0 Å². The fraction of sp³-hybridized carbons (Fsp3) is 0.815. The van der Waals surface area contributed by atoms with Crippen molar-refractivity contribution in [2.75, 3.05) is 6.61 Å². The van der Waals surface area contributed by atoms with Gasteiger partial charge in [-0.3, -0.25) is 19.1 Å². The van der Waals surface area contributed by atoms with Crippen LogP contribution in [0.15, 0.2) is 15.8 Å². The summed E-state index contributed by atoms with van der Waals surface area (Å²) in [6, 6.07) is 0. The molecular weight excluding hydrogens is 520 g/mol. The lowest BCUT2D eigenvalue weighted by molar-refractivity contribution is -0.117. The zero-order valence-corrected chi connectivity index (χ0v) is 27.3. The molecule has 1 unspecified atom stereocenters. The van der Waals surface area contributed by atoms with Crippen LogP contribution in [0.4, 0.5) is 0 Å². The predicted octanol–water partition coefficient (Wildman–Crippen LogP) is 4.80. The van der Waals surface area contributed by atoms with Gasteiger partial charge in [0, 0.05) is 29.2 Å². The quantitative estimate of drug-likeness (QED) is 0.491. The number of aromatic nitrogens is 2. The minimum Gasteiger partial charge on any atom is -0.408 e. The zero-order valence-electron chi connectivity index (χ0n) is 25.3. The molecule has 11 heteroatoms. The van der Waals surface area contributed by atoms with E-state index in [9.17, 15) is 14.4 Å². The van der Waals surface area contributed by atoms with Gasteiger partial charge in [0.1, 0.15) is 30.2 Å². The molecule has 3 rings (SSSR count). The van der Waals surface area contributed by atoms with Crippen LogP contribution in [-0.4, -0.2) is 57.1 Å². The van der Waals surface area contributed by atoms with Crippen molar-refractivity contribution in [1.82, 2.24) is 9.55 Å². The molecule has 1 N–H and O–H groups in total. The summed E-state index contributed by atoms with van der Waals surface area (Å²) in [5.41, 5.74) is -0.769. The van der Waals surface area contributed by atoms with Crippen molar-refractivity contribution >= 4 is 22.7 Å². The van der Waals surface area contributed by atoms with Crippen molar-refractivity contribution in [3.63, 3.8) is 0 Å². The summed E-state index contributed by atoms with van der Waals surface area (Å²) in [4.78, 5) is 39.7. The molecule has 0 bridgehead atoms. The summed E-state index contributed by atoms with van der Waals surface area (Å²) in [7, 11) is -5.19. The van der Waals surface area contributed by atoms with Crippen LogP contribution in [0.5, 0.6) is 0 Å². The number of H-pyrrole nitrogens is 1. The van der Waals surface area contributed by atoms with Gasteiger partial charge in [0.25, 0.3) is 5.56 Å². The van der Waals surface area contributed by atoms with Gasteiger partial charge < -0.3 is 18.0 Å². The molecule has 0 radical (unpaired) electrons. The second-order valence-corrected chi connectivity index (χ2v) is 24.0. The number of ketones is 1. The third-order valence-electron chi connectivity index (χ3n) is 8.32. The number of Topliss-reactive ketones (excluding diaryl/α,β-unsaturated/α-hetero) is 1. The topological polar surface area (TPSA) is 109 Å². The maximum atomic E-state index is 13.2. The average Bonchev–Trinajstić information content (AvgIpc) is 3.07. The van der Waals surface area contributed by atoms with E-state index in [0.29, 0.717) is 12.2 Å². The van der Waals surface area contributed by atoms with Gasteiger partial charge in [-0.2, -0.15) is 0 Å². The average molecular weight is 569 g/mol. The molecule has 0 aromatic carbocycles. The van der Waals surface area contributed by atoms with Crippen LogP contribution in [0, 0.1) is 0 Å². The minimum atomic E-state index is -2.85. The Morgan fingerprint density at radius 1 is 1.11 bits per heavy atom. The lowest BCUT2D eigenvalue weighted by Gasteiger charge is -2.54. The number of aromatic amines is 1. The molecule has 0 aliphatic carbocycles. The smallest absolute Gasteiger partial charge is 0.349 e. The molecule has 3 heterocycles. The van der Waals surface area contributed by atoms with E-state index in [1.165, 1.54) is 17.7 Å². The number of carbonyl (C=O) groups excluding carboxylic acids is 1. The molecule has 2 aliphatic heterocycles. The van der Waals surface area contributed by atoms with Gasteiger partial charge >= 0.3 is 14.3 Å². The lowest BCUT2D eigenvalue weighted by Crippen LogP contribution is -2.66. The number of rotatable bonds is 6. The molecule has 0 amide bonds. The Labute approximate surface area is 229 Å². The Kier molecular flexibility index (Phi) is 8.38. The SMILES string of the molecule is CC(=O)CCn1cc([C@@H]2O[C@@H]3CO[Si](C(C)(C)C)(C(C)(C)C)OC3[C@@H]2O[Si](C)(C)C(C)(C)C)c(=O)[nH]c1=O. The molecular formula is C27H48N2O7Si2. The number of carbonyl (C=O) groups is 1. The van der Waals surface area contributed by atoms with Gasteiger partial charge in [0.2, 0.25) is 0 Å². The Bertz CT molecular complexity index is 1140. The second-order valence-electron chi connectivity index (χ2n) is 14.4. The number of aryl methyl sites for hydroxylation is 1. The maximum Gasteiger partial charge on any atom is 0.349 e. The highest BCUT2D eigenvalue weighted by Crippen LogP contribution is 2.56. The van der Waals surface area contributed by atoms with Gasteiger partial charge in [-0.1, -0.05) is 62.3 Å². The number of nitrogens with zero attached hydrogens (tertiary/aromatic N) is 1. The molecule has 0 spiro atoms. The van der Waals surface area contributed by atoms with Crippen molar-refractivity contribution in [1.29, 1.82) is 0 Å². The van der Waals surface area contributed by atoms with Crippen LogP contribution < -0.4 is 11.2 Å². The highest BCUT2D eigenvalue weighted by Gasteiger charge is 2.65. The van der Waals surface area contributed by atoms with Gasteiger partial charge in [-0.25, -0.2) is 4.79 Å². The molecule has 4 atom stereocenters. The molecule has 216 valence electrons. The van der Waals surface area contributed by atoms with Gasteiger partial charge in [0.15, 0.2) is 8.32 Å². The van der Waals surface area contributed by atoms with E-state index in [-0.39, 0.29) is 33.9 Å². The summed E-state index contributed by atoms with van der Waals surface area (Å²) in [5.74, 6) is -0.0388. The fourth-order valence-corrected chi connectivity index (χ4v) is 11.7. The number of hydrogen-bond donors (Lipinski definition) is 1. The lowest BCUT2D eigenvalue weighted by atomic mass is 10.0. The first-order valence-electron chi connectivity index (χ1n) is 13.6. The monoisotopic (exact) mass is 568 g/mol. The summed E-state index contributed by atoms with van der Waals surface area (Å²) in [5, 5.41) is -0.545. The van der Waals surface area contributed by atoms with Crippen LogP contribution in [-0.2, 0) is 29.4 Å². The van der Waals surface area contributed by atoms with Crippen LogP contribution in [0.2, 0.25) is 28.2 Å². The van der Waals surface area contributed by atoms with Crippen LogP contribution in [0.25, 0.3) is 0 Å². The van der Waals surface area contributed by atoms with Crippen molar-refractivity contribution in [3.05, 3.63) is 32.6 Å². The minimum absolute atomic E-state index is 0.0388. The molecule has 2 saturated heterocycles. The number of ether oxygens (including phenoxy) is 1. The van der Waals surface area contributed by atoms with Gasteiger partial charge in [-0.05, 0) is 25.1 Å². The molecule has 2 aliphatic rings. The molecule has 2 fully saturated rings. The van der Waals surface area contributed by atoms with E-state index < -0.39 is 52.5 Å². The second kappa shape index (κ2) is 10.2. The van der Waals surface area contributed by atoms with Crippen molar-refractivity contribution in [2.45, 2.75) is 135 Å². The maximum absolute atomic E-state index is 13.2. The highest BCUT2D eigenvalue weighted by molar-refractivity contribution is 6.74. The third kappa shape index (κ3) is 5.73. The summed E-state index contributed by atoms with van der Waals surface area (Å²) < 4.78 is 28.6. The van der Waals surface area contributed by atoms with Crippen molar-refractivity contribution in [2.24, 2.45) is 0 Å². The van der Waals surface area contributed by atoms with E-state index in [0.717, 1.165) is 0 Å². The van der Waals surface area contributed by atoms with Gasteiger partial charge in [-0.15, -0.1) is 0 Å². The standard InChI is InChI=1S/C27H48N2O7Si2/c1-17(30)13-14-29-15-18(23(31)28-24(29)32)20-22(35-37(11,12)25(2,3)4)21-19(34-20)16-33-38(36-21,26(5,6)7)27(8,9)10/h15,19-22H,13-14,16H2,1-12H3,(H,28,31,32)/t19-,20+,21?,22-/m1/s1. The van der Waals surface area contributed by atoms with E-state index in [4.69, 9.17) is 18.0 Å². The first-order chi connectivity index (χ1) is 17.1. The van der Waals surface area contributed by atoms with Crippen LogP contribution >= 0.6 is 0 Å². The van der Waals surface area contributed by atoms with E-state index in [2.05, 4.69) is 80.4 Å². The Hall–Kier alpha value is -1.38. The van der Waals surface area contributed by atoms with Crippen molar-refractivity contribution < 1.29 is 22.8 Å². The number of hydrogen-bond acceptors (Lipinski definition) is 7. The summed E-state index contributed by atoms with van der Waals surface area (Å²) in [6.07, 6.45) is -0.440.